The fourth-order valence-electron chi connectivity index (χ4n) is 2.87. The third-order valence-electron chi connectivity index (χ3n) is 4.57. The molecule has 0 radical (unpaired) electrons. The van der Waals surface area contributed by atoms with E-state index in [-0.39, 0.29) is 5.91 Å². The summed E-state index contributed by atoms with van der Waals surface area (Å²) in [5, 5.41) is 3.60. The van der Waals surface area contributed by atoms with Crippen LogP contribution in [0.3, 0.4) is 0 Å². The van der Waals surface area contributed by atoms with Crippen LogP contribution in [-0.2, 0) is 11.4 Å². The summed E-state index contributed by atoms with van der Waals surface area (Å²) in [6, 6.07) is 19.0. The van der Waals surface area contributed by atoms with E-state index in [0.717, 1.165) is 27.9 Å². The molecule has 0 atom stereocenters. The summed E-state index contributed by atoms with van der Waals surface area (Å²) in [6.07, 6.45) is 3.25. The van der Waals surface area contributed by atoms with Gasteiger partial charge in [-0.25, -0.2) is 0 Å². The number of carbonyl (C=O) groups is 1. The zero-order valence-electron chi connectivity index (χ0n) is 17.2. The van der Waals surface area contributed by atoms with Crippen molar-refractivity contribution in [1.82, 2.24) is 0 Å². The highest BCUT2D eigenvalue weighted by molar-refractivity contribution is 6.30. The SMILES string of the molecule is COc1cc(C=CC(=O)Nc2cc(C)ccc2C)ccc1OCc1ccc(Cl)cc1. The molecule has 4 nitrogen and oxygen atoms in total. The summed E-state index contributed by atoms with van der Waals surface area (Å²) in [4.78, 5) is 12.3. The number of anilines is 1. The minimum absolute atomic E-state index is 0.189. The van der Waals surface area contributed by atoms with Gasteiger partial charge in [-0.05, 0) is 72.5 Å². The lowest BCUT2D eigenvalue weighted by molar-refractivity contribution is -0.111. The van der Waals surface area contributed by atoms with Crippen LogP contribution in [0.25, 0.3) is 6.08 Å². The number of rotatable bonds is 7. The Balaban J connectivity index is 1.65. The summed E-state index contributed by atoms with van der Waals surface area (Å²) in [5.74, 6) is 1.04. The van der Waals surface area contributed by atoms with E-state index in [9.17, 15) is 4.79 Å². The maximum Gasteiger partial charge on any atom is 0.248 e. The van der Waals surface area contributed by atoms with Gasteiger partial charge in [0.2, 0.25) is 5.91 Å². The van der Waals surface area contributed by atoms with Crippen LogP contribution in [-0.4, -0.2) is 13.0 Å². The molecule has 1 amide bonds. The van der Waals surface area contributed by atoms with Crippen LogP contribution in [0.15, 0.2) is 66.7 Å². The van der Waals surface area contributed by atoms with Crippen molar-refractivity contribution in [3.05, 3.63) is 94.0 Å². The van der Waals surface area contributed by atoms with Crippen LogP contribution in [0, 0.1) is 13.8 Å². The predicted molar refractivity (Wildman–Crippen MR) is 122 cm³/mol. The molecule has 0 bridgehead atoms. The van der Waals surface area contributed by atoms with Gasteiger partial charge in [-0.2, -0.15) is 0 Å². The zero-order chi connectivity index (χ0) is 21.5. The van der Waals surface area contributed by atoms with Crippen LogP contribution in [0.1, 0.15) is 22.3 Å². The van der Waals surface area contributed by atoms with Gasteiger partial charge >= 0.3 is 0 Å². The van der Waals surface area contributed by atoms with Gasteiger partial charge in [0.15, 0.2) is 11.5 Å². The van der Waals surface area contributed by atoms with Crippen molar-refractivity contribution < 1.29 is 14.3 Å². The fraction of sp³-hybridized carbons (Fsp3) is 0.160. The molecular weight excluding hydrogens is 398 g/mol. The zero-order valence-corrected chi connectivity index (χ0v) is 18.0. The highest BCUT2D eigenvalue weighted by atomic mass is 35.5. The van der Waals surface area contributed by atoms with Crippen LogP contribution in [0.4, 0.5) is 5.69 Å². The molecular formula is C25H24ClNO3. The van der Waals surface area contributed by atoms with Gasteiger partial charge < -0.3 is 14.8 Å². The van der Waals surface area contributed by atoms with E-state index in [0.29, 0.717) is 23.1 Å². The van der Waals surface area contributed by atoms with E-state index in [4.69, 9.17) is 21.1 Å². The molecule has 3 aromatic carbocycles. The number of benzene rings is 3. The number of halogens is 1. The number of ether oxygens (including phenoxy) is 2. The van der Waals surface area contributed by atoms with Crippen LogP contribution < -0.4 is 14.8 Å². The number of hydrogen-bond acceptors (Lipinski definition) is 3. The van der Waals surface area contributed by atoms with Crippen molar-refractivity contribution in [3.8, 4) is 11.5 Å². The summed E-state index contributed by atoms with van der Waals surface area (Å²) in [5.41, 5.74) is 4.77. The van der Waals surface area contributed by atoms with Gasteiger partial charge in [0.05, 0.1) is 7.11 Å². The van der Waals surface area contributed by atoms with Gasteiger partial charge in [0, 0.05) is 16.8 Å². The Kier molecular flexibility index (Phi) is 7.15. The minimum atomic E-state index is -0.189. The second kappa shape index (κ2) is 9.99. The third-order valence-corrected chi connectivity index (χ3v) is 4.83. The first kappa shape index (κ1) is 21.5. The first-order valence-corrected chi connectivity index (χ1v) is 9.94. The van der Waals surface area contributed by atoms with E-state index in [2.05, 4.69) is 5.32 Å². The molecule has 0 saturated heterocycles. The lowest BCUT2D eigenvalue weighted by atomic mass is 10.1. The Morgan fingerprint density at radius 1 is 1.00 bits per heavy atom. The van der Waals surface area contributed by atoms with Gasteiger partial charge in [-0.1, -0.05) is 41.9 Å². The lowest BCUT2D eigenvalue weighted by Gasteiger charge is -2.11. The molecule has 30 heavy (non-hydrogen) atoms. The molecule has 0 aliphatic heterocycles. The number of carbonyl (C=O) groups excluding carboxylic acids is 1. The maximum atomic E-state index is 12.3. The van der Waals surface area contributed by atoms with Crippen molar-refractivity contribution in [3.63, 3.8) is 0 Å². The van der Waals surface area contributed by atoms with Crippen LogP contribution in [0.2, 0.25) is 5.02 Å². The molecule has 3 rings (SSSR count). The molecule has 0 aliphatic carbocycles. The normalized spacial score (nSPS) is 10.8. The standard InChI is InChI=1S/C25H24ClNO3/c1-17-4-5-18(2)22(14-17)27-25(28)13-9-19-8-12-23(24(15-19)29-3)30-16-20-6-10-21(26)11-7-20/h4-15H,16H2,1-3H3,(H,27,28). The minimum Gasteiger partial charge on any atom is -0.493 e. The number of amides is 1. The molecule has 0 heterocycles. The first-order chi connectivity index (χ1) is 14.4. The molecule has 3 aromatic rings. The van der Waals surface area contributed by atoms with Gasteiger partial charge in [0.1, 0.15) is 6.61 Å². The van der Waals surface area contributed by atoms with Crippen molar-refractivity contribution in [2.75, 3.05) is 12.4 Å². The highest BCUT2D eigenvalue weighted by Crippen LogP contribution is 2.29. The topological polar surface area (TPSA) is 47.6 Å². The quantitative estimate of drug-likeness (QED) is 0.462. The predicted octanol–water partition coefficient (Wildman–Crippen LogP) is 6.20. The summed E-state index contributed by atoms with van der Waals surface area (Å²) in [6.45, 7) is 4.36. The molecule has 1 N–H and O–H groups in total. The summed E-state index contributed by atoms with van der Waals surface area (Å²) < 4.78 is 11.3. The monoisotopic (exact) mass is 421 g/mol. The molecule has 5 heteroatoms. The smallest absolute Gasteiger partial charge is 0.248 e. The highest BCUT2D eigenvalue weighted by Gasteiger charge is 2.07. The number of hydrogen-bond donors (Lipinski definition) is 1. The number of aryl methyl sites for hydroxylation is 2. The van der Waals surface area contributed by atoms with Gasteiger partial charge in [-0.15, -0.1) is 0 Å². The molecule has 154 valence electrons. The average Bonchev–Trinajstić information content (AvgIpc) is 2.74. The van der Waals surface area contributed by atoms with Crippen LogP contribution >= 0.6 is 11.6 Å². The number of methoxy groups -OCH3 is 1. The Hall–Kier alpha value is -3.24. The molecule has 0 aliphatic rings. The molecule has 0 fully saturated rings. The van der Waals surface area contributed by atoms with Crippen molar-refractivity contribution in [2.45, 2.75) is 20.5 Å². The van der Waals surface area contributed by atoms with E-state index in [1.807, 2.05) is 74.5 Å². The second-order valence-electron chi connectivity index (χ2n) is 6.97. The average molecular weight is 422 g/mol. The van der Waals surface area contributed by atoms with E-state index in [1.165, 1.54) is 6.08 Å². The Morgan fingerprint density at radius 3 is 2.50 bits per heavy atom. The van der Waals surface area contributed by atoms with E-state index >= 15 is 0 Å². The Labute approximate surface area is 182 Å². The Bertz CT molecular complexity index is 1060. The van der Waals surface area contributed by atoms with Crippen LogP contribution in [0.5, 0.6) is 11.5 Å². The van der Waals surface area contributed by atoms with Gasteiger partial charge in [0.25, 0.3) is 0 Å². The largest absolute Gasteiger partial charge is 0.493 e. The molecule has 0 saturated carbocycles. The van der Waals surface area contributed by atoms with Gasteiger partial charge in [-0.3, -0.25) is 4.79 Å². The fourth-order valence-corrected chi connectivity index (χ4v) is 2.99. The third kappa shape index (κ3) is 5.88. The van der Waals surface area contributed by atoms with Crippen molar-refractivity contribution in [1.29, 1.82) is 0 Å². The number of nitrogens with one attached hydrogen (secondary N) is 1. The molecule has 0 aromatic heterocycles. The lowest BCUT2D eigenvalue weighted by Crippen LogP contribution is -2.09. The van der Waals surface area contributed by atoms with E-state index < -0.39 is 0 Å². The van der Waals surface area contributed by atoms with Crippen molar-refractivity contribution in [2.24, 2.45) is 0 Å². The first-order valence-electron chi connectivity index (χ1n) is 9.56. The molecule has 0 spiro atoms. The summed E-state index contributed by atoms with van der Waals surface area (Å²) in [7, 11) is 1.59. The van der Waals surface area contributed by atoms with Crippen molar-refractivity contribution >= 4 is 29.3 Å². The van der Waals surface area contributed by atoms with E-state index in [1.54, 1.807) is 13.2 Å². The molecule has 0 unspecified atom stereocenters. The Morgan fingerprint density at radius 2 is 1.77 bits per heavy atom. The second-order valence-corrected chi connectivity index (χ2v) is 7.40. The maximum absolute atomic E-state index is 12.3. The summed E-state index contributed by atoms with van der Waals surface area (Å²) >= 11 is 5.91.